The van der Waals surface area contributed by atoms with Gasteiger partial charge in [0, 0.05) is 21.0 Å². The summed E-state index contributed by atoms with van der Waals surface area (Å²) < 4.78 is 0. The van der Waals surface area contributed by atoms with Crippen molar-refractivity contribution in [3.63, 3.8) is 0 Å². The highest BCUT2D eigenvalue weighted by Gasteiger charge is 2.15. The maximum atomic E-state index is 12.0. The van der Waals surface area contributed by atoms with Gasteiger partial charge in [0.1, 0.15) is 11.6 Å². The summed E-state index contributed by atoms with van der Waals surface area (Å²) in [6.45, 7) is 3.89. The molecule has 2 heterocycles. The van der Waals surface area contributed by atoms with Crippen molar-refractivity contribution in [1.29, 1.82) is 5.26 Å². The van der Waals surface area contributed by atoms with Gasteiger partial charge in [0.2, 0.25) is 0 Å². The Hall–Kier alpha value is -2.64. The first-order valence-electron chi connectivity index (χ1n) is 6.90. The number of hydrogen-bond acceptors (Lipinski definition) is 3. The van der Waals surface area contributed by atoms with Gasteiger partial charge in [-0.05, 0) is 43.2 Å². The highest BCUT2D eigenvalue weighted by atomic mass is 32.1. The Labute approximate surface area is 132 Å². The molecule has 22 heavy (non-hydrogen) atoms. The molecule has 0 aliphatic heterocycles. The highest BCUT2D eigenvalue weighted by molar-refractivity contribution is 7.15. The summed E-state index contributed by atoms with van der Waals surface area (Å²) in [6, 6.07) is 15.9. The van der Waals surface area contributed by atoms with Crippen LogP contribution in [0.25, 0.3) is 21.6 Å². The Morgan fingerprint density at radius 1 is 1.05 bits per heavy atom. The molecule has 1 N–H and O–H groups in total. The molecular weight excluding hydrogens is 292 g/mol. The molecule has 0 aliphatic carbocycles. The van der Waals surface area contributed by atoms with Crippen LogP contribution in [0.15, 0.2) is 47.3 Å². The Morgan fingerprint density at radius 3 is 2.41 bits per heavy atom. The third-order valence-corrected chi connectivity index (χ3v) is 4.54. The van der Waals surface area contributed by atoms with Gasteiger partial charge in [0.25, 0.3) is 5.56 Å². The van der Waals surface area contributed by atoms with Crippen LogP contribution in [0.5, 0.6) is 0 Å². The van der Waals surface area contributed by atoms with Crippen molar-refractivity contribution in [2.45, 2.75) is 13.8 Å². The van der Waals surface area contributed by atoms with E-state index in [9.17, 15) is 10.1 Å². The van der Waals surface area contributed by atoms with E-state index in [0.29, 0.717) is 5.56 Å². The number of aromatic amines is 1. The van der Waals surface area contributed by atoms with E-state index in [2.05, 4.69) is 24.0 Å². The van der Waals surface area contributed by atoms with Gasteiger partial charge < -0.3 is 4.98 Å². The molecule has 4 heteroatoms. The van der Waals surface area contributed by atoms with Crippen LogP contribution in [0.1, 0.15) is 16.1 Å². The second-order valence-corrected chi connectivity index (χ2v) is 6.43. The Kier molecular flexibility index (Phi) is 3.66. The number of nitriles is 1. The van der Waals surface area contributed by atoms with E-state index in [4.69, 9.17) is 0 Å². The first kappa shape index (κ1) is 14.3. The lowest BCUT2D eigenvalue weighted by molar-refractivity contribution is 1.13. The molecule has 0 radical (unpaired) electrons. The number of nitrogens with one attached hydrogen (secondary N) is 1. The fourth-order valence-corrected chi connectivity index (χ4v) is 3.43. The number of hydrogen-bond donors (Lipinski definition) is 1. The number of pyridine rings is 1. The number of rotatable bonds is 2. The molecule has 0 spiro atoms. The van der Waals surface area contributed by atoms with Crippen LogP contribution < -0.4 is 5.56 Å². The molecule has 108 valence electrons. The van der Waals surface area contributed by atoms with Gasteiger partial charge in [-0.25, -0.2) is 0 Å². The highest BCUT2D eigenvalue weighted by Crippen LogP contribution is 2.36. The average Bonchev–Trinajstić information content (AvgIpc) is 2.93. The van der Waals surface area contributed by atoms with Crippen LogP contribution in [0.3, 0.4) is 0 Å². The van der Waals surface area contributed by atoms with Gasteiger partial charge in [-0.1, -0.05) is 24.3 Å². The Balaban J connectivity index is 2.31. The molecule has 0 amide bonds. The SMILES string of the molecule is Cc1cc(-c2ccccc2-c2ccc(C)s2)c(C#N)c(=O)[nH]1. The molecule has 2 aromatic heterocycles. The van der Waals surface area contributed by atoms with Crippen LogP contribution in [0.4, 0.5) is 0 Å². The fourth-order valence-electron chi connectivity index (χ4n) is 2.52. The Morgan fingerprint density at radius 2 is 1.77 bits per heavy atom. The zero-order valence-electron chi connectivity index (χ0n) is 12.3. The standard InChI is InChI=1S/C18H14N2OS/c1-11-9-15(16(10-19)18(21)20-11)13-5-3-4-6-14(13)17-8-7-12(2)22-17/h3-9H,1-2H3,(H,20,21). The number of H-pyrrole nitrogens is 1. The van der Waals surface area contributed by atoms with Crippen LogP contribution in [0, 0.1) is 25.2 Å². The molecule has 0 fully saturated rings. The van der Waals surface area contributed by atoms with Gasteiger partial charge in [0.15, 0.2) is 0 Å². The molecule has 0 atom stereocenters. The first-order valence-corrected chi connectivity index (χ1v) is 7.72. The summed E-state index contributed by atoms with van der Waals surface area (Å²) >= 11 is 1.70. The maximum Gasteiger partial charge on any atom is 0.266 e. The van der Waals surface area contributed by atoms with Gasteiger partial charge in [0.05, 0.1) is 0 Å². The van der Waals surface area contributed by atoms with Gasteiger partial charge >= 0.3 is 0 Å². The van der Waals surface area contributed by atoms with Crippen molar-refractivity contribution in [3.8, 4) is 27.6 Å². The predicted molar refractivity (Wildman–Crippen MR) is 90.0 cm³/mol. The van der Waals surface area contributed by atoms with E-state index in [1.807, 2.05) is 43.3 Å². The lowest BCUT2D eigenvalue weighted by Gasteiger charge is -2.10. The summed E-state index contributed by atoms with van der Waals surface area (Å²) in [7, 11) is 0. The lowest BCUT2D eigenvalue weighted by Crippen LogP contribution is -2.12. The van der Waals surface area contributed by atoms with Crippen LogP contribution in [-0.4, -0.2) is 4.98 Å². The van der Waals surface area contributed by atoms with Crippen molar-refractivity contribution in [3.05, 3.63) is 69.0 Å². The summed E-state index contributed by atoms with van der Waals surface area (Å²) in [5, 5.41) is 9.35. The third-order valence-electron chi connectivity index (χ3n) is 3.50. The first-order chi connectivity index (χ1) is 10.6. The zero-order chi connectivity index (χ0) is 15.7. The summed E-state index contributed by atoms with van der Waals surface area (Å²) in [6.07, 6.45) is 0. The molecule has 0 saturated heterocycles. The van der Waals surface area contributed by atoms with E-state index in [-0.39, 0.29) is 11.1 Å². The molecule has 0 saturated carbocycles. The quantitative estimate of drug-likeness (QED) is 0.769. The maximum absolute atomic E-state index is 12.0. The molecule has 0 aliphatic rings. The summed E-state index contributed by atoms with van der Waals surface area (Å²) in [4.78, 5) is 17.1. The van der Waals surface area contributed by atoms with Crippen molar-refractivity contribution in [1.82, 2.24) is 4.98 Å². The average molecular weight is 306 g/mol. The van der Waals surface area contributed by atoms with E-state index in [1.54, 1.807) is 11.3 Å². The molecule has 3 aromatic rings. The minimum absolute atomic E-state index is 0.159. The second-order valence-electron chi connectivity index (χ2n) is 5.14. The summed E-state index contributed by atoms with van der Waals surface area (Å²) in [5.41, 5.74) is 3.21. The van der Waals surface area contributed by atoms with Crippen LogP contribution in [0.2, 0.25) is 0 Å². The van der Waals surface area contributed by atoms with Crippen molar-refractivity contribution >= 4 is 11.3 Å². The smallest absolute Gasteiger partial charge is 0.266 e. The van der Waals surface area contributed by atoms with E-state index in [0.717, 1.165) is 21.7 Å². The molecule has 0 unspecified atom stereocenters. The number of thiophene rings is 1. The van der Waals surface area contributed by atoms with Crippen molar-refractivity contribution in [2.24, 2.45) is 0 Å². The predicted octanol–water partition coefficient (Wildman–Crippen LogP) is 4.26. The van der Waals surface area contributed by atoms with Gasteiger partial charge in [-0.2, -0.15) is 5.26 Å². The van der Waals surface area contributed by atoms with Gasteiger partial charge in [-0.3, -0.25) is 4.79 Å². The Bertz CT molecular complexity index is 944. The molecular formula is C18H14N2OS. The number of aryl methyl sites for hydroxylation is 2. The topological polar surface area (TPSA) is 56.6 Å². The third kappa shape index (κ3) is 2.47. The summed E-state index contributed by atoms with van der Waals surface area (Å²) in [5.74, 6) is 0. The normalized spacial score (nSPS) is 10.4. The van der Waals surface area contributed by atoms with E-state index >= 15 is 0 Å². The van der Waals surface area contributed by atoms with E-state index < -0.39 is 0 Å². The number of nitrogens with zero attached hydrogens (tertiary/aromatic N) is 1. The van der Waals surface area contributed by atoms with Crippen LogP contribution in [-0.2, 0) is 0 Å². The minimum atomic E-state index is -0.338. The van der Waals surface area contributed by atoms with Crippen LogP contribution >= 0.6 is 11.3 Å². The molecule has 1 aromatic carbocycles. The lowest BCUT2D eigenvalue weighted by atomic mass is 9.95. The van der Waals surface area contributed by atoms with Crippen molar-refractivity contribution in [2.75, 3.05) is 0 Å². The minimum Gasteiger partial charge on any atom is -0.325 e. The molecule has 3 rings (SSSR count). The second kappa shape index (κ2) is 5.63. The molecule has 0 bridgehead atoms. The fraction of sp³-hybridized carbons (Fsp3) is 0.111. The number of aromatic nitrogens is 1. The largest absolute Gasteiger partial charge is 0.325 e. The van der Waals surface area contributed by atoms with Gasteiger partial charge in [-0.15, -0.1) is 11.3 Å². The molecule has 3 nitrogen and oxygen atoms in total. The van der Waals surface area contributed by atoms with E-state index in [1.165, 1.54) is 4.88 Å². The zero-order valence-corrected chi connectivity index (χ0v) is 13.1. The monoisotopic (exact) mass is 306 g/mol. The van der Waals surface area contributed by atoms with Crippen molar-refractivity contribution < 1.29 is 0 Å². The number of benzene rings is 1.